The van der Waals surface area contributed by atoms with Crippen molar-refractivity contribution in [2.45, 2.75) is 39.7 Å². The van der Waals surface area contributed by atoms with Crippen molar-refractivity contribution in [1.82, 2.24) is 15.1 Å². The highest BCUT2D eigenvalue weighted by atomic mass is 32.2. The molecule has 1 aliphatic rings. The Kier molecular flexibility index (Phi) is 5.18. The van der Waals surface area contributed by atoms with Crippen LogP contribution in [0.2, 0.25) is 0 Å². The number of amides is 1. The van der Waals surface area contributed by atoms with Gasteiger partial charge in [-0.05, 0) is 49.9 Å². The van der Waals surface area contributed by atoms with E-state index in [0.717, 1.165) is 23.2 Å². The standard InChI is InChI=1S/C19H25N3O3S/c1-4-8-20-19(23)17-11-18(15-6-5-13(2)14(3)10-15)22(21-17)16-7-9-26(24,25)12-16/h5-6,10-11,16H,4,7-9,12H2,1-3H3,(H,20,23)/t16-/m0/s1. The molecule has 0 aliphatic carbocycles. The predicted octanol–water partition coefficient (Wildman–Crippen LogP) is 2.67. The summed E-state index contributed by atoms with van der Waals surface area (Å²) in [5.41, 5.74) is 4.39. The summed E-state index contributed by atoms with van der Waals surface area (Å²) >= 11 is 0. The molecular formula is C19H25N3O3S. The lowest BCUT2D eigenvalue weighted by molar-refractivity contribution is 0.0947. The molecule has 3 rings (SSSR count). The Balaban J connectivity index is 2.04. The van der Waals surface area contributed by atoms with Gasteiger partial charge in [0, 0.05) is 12.1 Å². The van der Waals surface area contributed by atoms with Gasteiger partial charge in [-0.2, -0.15) is 5.10 Å². The number of rotatable bonds is 5. The maximum absolute atomic E-state index is 12.4. The molecule has 0 bridgehead atoms. The molecule has 1 fully saturated rings. The van der Waals surface area contributed by atoms with E-state index in [1.165, 1.54) is 5.56 Å². The molecule has 26 heavy (non-hydrogen) atoms. The molecule has 2 heterocycles. The molecule has 1 N–H and O–H groups in total. The third-order valence-corrected chi connectivity index (χ3v) is 6.61. The minimum Gasteiger partial charge on any atom is -0.351 e. The number of aryl methyl sites for hydroxylation is 2. The van der Waals surface area contributed by atoms with E-state index in [9.17, 15) is 13.2 Å². The Morgan fingerprint density at radius 3 is 2.65 bits per heavy atom. The van der Waals surface area contributed by atoms with E-state index >= 15 is 0 Å². The van der Waals surface area contributed by atoms with Gasteiger partial charge in [0.1, 0.15) is 0 Å². The summed E-state index contributed by atoms with van der Waals surface area (Å²) < 4.78 is 25.6. The van der Waals surface area contributed by atoms with Crippen LogP contribution in [0.5, 0.6) is 0 Å². The first kappa shape index (κ1) is 18.6. The van der Waals surface area contributed by atoms with E-state index in [4.69, 9.17) is 0 Å². The van der Waals surface area contributed by atoms with Crippen LogP contribution in [0.3, 0.4) is 0 Å². The van der Waals surface area contributed by atoms with Crippen molar-refractivity contribution in [3.63, 3.8) is 0 Å². The molecule has 1 aromatic carbocycles. The van der Waals surface area contributed by atoms with Gasteiger partial charge in [-0.15, -0.1) is 0 Å². The molecule has 1 aliphatic heterocycles. The molecule has 1 saturated heterocycles. The highest BCUT2D eigenvalue weighted by Crippen LogP contribution is 2.31. The number of aromatic nitrogens is 2. The second kappa shape index (κ2) is 7.23. The summed E-state index contributed by atoms with van der Waals surface area (Å²) in [6.07, 6.45) is 1.37. The molecule has 1 atom stereocenters. The first-order valence-electron chi connectivity index (χ1n) is 8.96. The van der Waals surface area contributed by atoms with Crippen molar-refractivity contribution in [2.75, 3.05) is 18.1 Å². The number of carbonyl (C=O) groups is 1. The molecule has 0 unspecified atom stereocenters. The Bertz CT molecular complexity index is 932. The van der Waals surface area contributed by atoms with Crippen LogP contribution in [0, 0.1) is 13.8 Å². The van der Waals surface area contributed by atoms with Gasteiger partial charge >= 0.3 is 0 Å². The summed E-state index contributed by atoms with van der Waals surface area (Å²) in [4.78, 5) is 12.4. The summed E-state index contributed by atoms with van der Waals surface area (Å²) in [6, 6.07) is 7.61. The average Bonchev–Trinajstić information content (AvgIpc) is 3.18. The van der Waals surface area contributed by atoms with Crippen LogP contribution < -0.4 is 5.32 Å². The smallest absolute Gasteiger partial charge is 0.271 e. The predicted molar refractivity (Wildman–Crippen MR) is 102 cm³/mol. The SMILES string of the molecule is CCCNC(=O)c1cc(-c2ccc(C)c(C)c2)n([C@H]2CCS(=O)(=O)C2)n1. The third-order valence-electron chi connectivity index (χ3n) is 4.86. The monoisotopic (exact) mass is 375 g/mol. The van der Waals surface area contributed by atoms with Crippen molar-refractivity contribution in [2.24, 2.45) is 0 Å². The van der Waals surface area contributed by atoms with E-state index in [2.05, 4.69) is 16.5 Å². The minimum atomic E-state index is -3.04. The zero-order valence-corrected chi connectivity index (χ0v) is 16.3. The maximum Gasteiger partial charge on any atom is 0.271 e. The van der Waals surface area contributed by atoms with E-state index < -0.39 is 9.84 Å². The van der Waals surface area contributed by atoms with Crippen molar-refractivity contribution < 1.29 is 13.2 Å². The van der Waals surface area contributed by atoms with Crippen molar-refractivity contribution in [3.05, 3.63) is 41.1 Å². The lowest BCUT2D eigenvalue weighted by Gasteiger charge is -2.14. The Labute approximate surface area is 154 Å². The van der Waals surface area contributed by atoms with Gasteiger partial charge < -0.3 is 5.32 Å². The molecule has 6 nitrogen and oxygen atoms in total. The highest BCUT2D eigenvalue weighted by molar-refractivity contribution is 7.91. The Morgan fingerprint density at radius 1 is 1.27 bits per heavy atom. The molecule has 2 aromatic rings. The minimum absolute atomic E-state index is 0.0720. The van der Waals surface area contributed by atoms with Crippen LogP contribution >= 0.6 is 0 Å². The third kappa shape index (κ3) is 3.82. The fraction of sp³-hybridized carbons (Fsp3) is 0.474. The van der Waals surface area contributed by atoms with Crippen molar-refractivity contribution in [1.29, 1.82) is 0 Å². The van der Waals surface area contributed by atoms with Crippen LogP contribution in [0.4, 0.5) is 0 Å². The Hall–Kier alpha value is -2.15. The summed E-state index contributed by atoms with van der Waals surface area (Å²) in [7, 11) is -3.04. The van der Waals surface area contributed by atoms with Gasteiger partial charge in [-0.3, -0.25) is 9.48 Å². The second-order valence-corrected chi connectivity index (χ2v) is 9.20. The first-order chi connectivity index (χ1) is 12.3. The van der Waals surface area contributed by atoms with Gasteiger partial charge in [0.2, 0.25) is 0 Å². The van der Waals surface area contributed by atoms with Gasteiger partial charge in [0.05, 0.1) is 23.2 Å². The normalized spacial score (nSPS) is 18.8. The van der Waals surface area contributed by atoms with Crippen molar-refractivity contribution in [3.8, 4) is 11.3 Å². The number of sulfone groups is 1. The first-order valence-corrected chi connectivity index (χ1v) is 10.8. The topological polar surface area (TPSA) is 81.1 Å². The molecule has 0 radical (unpaired) electrons. The lowest BCUT2D eigenvalue weighted by atomic mass is 10.0. The van der Waals surface area contributed by atoms with Crippen LogP contribution in [0.25, 0.3) is 11.3 Å². The van der Waals surface area contributed by atoms with E-state index in [0.29, 0.717) is 18.7 Å². The Morgan fingerprint density at radius 2 is 2.04 bits per heavy atom. The molecule has 1 amide bonds. The maximum atomic E-state index is 12.4. The largest absolute Gasteiger partial charge is 0.351 e. The van der Waals surface area contributed by atoms with Crippen molar-refractivity contribution >= 4 is 15.7 Å². The summed E-state index contributed by atoms with van der Waals surface area (Å²) in [6.45, 7) is 6.66. The molecule has 0 saturated carbocycles. The van der Waals surface area contributed by atoms with Gasteiger partial charge in [0.15, 0.2) is 15.5 Å². The highest BCUT2D eigenvalue weighted by Gasteiger charge is 2.32. The average molecular weight is 375 g/mol. The number of nitrogens with zero attached hydrogens (tertiary/aromatic N) is 2. The summed E-state index contributed by atoms with van der Waals surface area (Å²) in [5.74, 6) is 0.0145. The molecular weight excluding hydrogens is 350 g/mol. The van der Waals surface area contributed by atoms with Crippen LogP contribution in [0.1, 0.15) is 47.4 Å². The van der Waals surface area contributed by atoms with Crippen LogP contribution in [-0.4, -0.2) is 42.2 Å². The zero-order chi connectivity index (χ0) is 18.9. The van der Waals surface area contributed by atoms with Gasteiger partial charge in [-0.1, -0.05) is 19.1 Å². The van der Waals surface area contributed by atoms with E-state index in [1.807, 2.05) is 32.9 Å². The fourth-order valence-corrected chi connectivity index (χ4v) is 4.89. The fourth-order valence-electron chi connectivity index (χ4n) is 3.20. The number of benzene rings is 1. The van der Waals surface area contributed by atoms with E-state index in [1.54, 1.807) is 10.7 Å². The molecule has 0 spiro atoms. The number of hydrogen-bond donors (Lipinski definition) is 1. The molecule has 1 aromatic heterocycles. The van der Waals surface area contributed by atoms with Crippen LogP contribution in [0.15, 0.2) is 24.3 Å². The van der Waals surface area contributed by atoms with E-state index in [-0.39, 0.29) is 23.5 Å². The molecule has 7 heteroatoms. The number of hydrogen-bond acceptors (Lipinski definition) is 4. The van der Waals surface area contributed by atoms with Gasteiger partial charge in [-0.25, -0.2) is 8.42 Å². The summed E-state index contributed by atoms with van der Waals surface area (Å²) in [5, 5.41) is 7.31. The van der Waals surface area contributed by atoms with Gasteiger partial charge in [0.25, 0.3) is 5.91 Å². The lowest BCUT2D eigenvalue weighted by Crippen LogP contribution is -2.25. The quantitative estimate of drug-likeness (QED) is 0.871. The molecule has 140 valence electrons. The number of carbonyl (C=O) groups excluding carboxylic acids is 1. The zero-order valence-electron chi connectivity index (χ0n) is 15.4. The number of nitrogens with one attached hydrogen (secondary N) is 1. The van der Waals surface area contributed by atoms with Crippen LogP contribution in [-0.2, 0) is 9.84 Å². The second-order valence-electron chi connectivity index (χ2n) is 6.97.